The van der Waals surface area contributed by atoms with Crippen LogP contribution in [0, 0.1) is 0 Å². The summed E-state index contributed by atoms with van der Waals surface area (Å²) in [5.41, 5.74) is 0. The van der Waals surface area contributed by atoms with Crippen molar-refractivity contribution in [1.82, 2.24) is 14.3 Å². The van der Waals surface area contributed by atoms with Crippen LogP contribution in [-0.2, 0) is 16.0 Å². The highest BCUT2D eigenvalue weighted by Gasteiger charge is 2.16. The number of anilines is 1. The largest absolute Gasteiger partial charge is 0.378 e. The monoisotopic (exact) mass is 284 g/mol. The fourth-order valence-corrected chi connectivity index (χ4v) is 2.53. The second kappa shape index (κ2) is 7.40. The zero-order valence-electron chi connectivity index (χ0n) is 11.2. The van der Waals surface area contributed by atoms with Crippen molar-refractivity contribution in [2.75, 3.05) is 38.2 Å². The normalized spacial score (nSPS) is 15.5. The Morgan fingerprint density at radius 1 is 1.47 bits per heavy atom. The highest BCUT2D eigenvalue weighted by atomic mass is 32.1. The molecule has 106 valence electrons. The number of hydrogen-bond donors (Lipinski definition) is 1. The van der Waals surface area contributed by atoms with E-state index in [0.29, 0.717) is 39.3 Å². The predicted molar refractivity (Wildman–Crippen MR) is 74.4 cm³/mol. The molecule has 1 aliphatic heterocycles. The molecule has 1 aromatic heterocycles. The van der Waals surface area contributed by atoms with Gasteiger partial charge < -0.3 is 15.0 Å². The van der Waals surface area contributed by atoms with Crippen LogP contribution in [0.4, 0.5) is 5.13 Å². The molecule has 19 heavy (non-hydrogen) atoms. The number of nitrogens with one attached hydrogen (secondary N) is 1. The summed E-state index contributed by atoms with van der Waals surface area (Å²) in [5.74, 6) is 1.06. The van der Waals surface area contributed by atoms with Gasteiger partial charge in [0.15, 0.2) is 0 Å². The number of aromatic nitrogens is 2. The lowest BCUT2D eigenvalue weighted by Crippen LogP contribution is -2.41. The first kappa shape index (κ1) is 14.2. The molecule has 7 heteroatoms. The molecular formula is C12H20N4O2S. The smallest absolute Gasteiger partial charge is 0.224 e. The van der Waals surface area contributed by atoms with E-state index in [9.17, 15) is 4.79 Å². The summed E-state index contributed by atoms with van der Waals surface area (Å²) < 4.78 is 9.47. The van der Waals surface area contributed by atoms with Gasteiger partial charge in [-0.15, -0.1) is 0 Å². The fraction of sp³-hybridized carbons (Fsp3) is 0.750. The highest BCUT2D eigenvalue weighted by molar-refractivity contribution is 7.09. The SMILES string of the molecule is CCCc1nsc(NCCC(=O)N2CCOCC2)n1. The molecule has 0 aliphatic carbocycles. The molecule has 2 rings (SSSR count). The van der Waals surface area contributed by atoms with Crippen LogP contribution in [0.3, 0.4) is 0 Å². The lowest BCUT2D eigenvalue weighted by Gasteiger charge is -2.26. The molecule has 6 nitrogen and oxygen atoms in total. The van der Waals surface area contributed by atoms with E-state index in [-0.39, 0.29) is 5.91 Å². The molecule has 0 spiro atoms. The van der Waals surface area contributed by atoms with E-state index in [1.807, 2.05) is 4.90 Å². The number of morpholine rings is 1. The Kier molecular flexibility index (Phi) is 5.53. The summed E-state index contributed by atoms with van der Waals surface area (Å²) >= 11 is 1.36. The summed E-state index contributed by atoms with van der Waals surface area (Å²) in [5, 5.41) is 3.96. The molecule has 1 aliphatic rings. The molecule has 1 N–H and O–H groups in total. The van der Waals surface area contributed by atoms with Gasteiger partial charge in [-0.2, -0.15) is 4.37 Å². The number of carbonyl (C=O) groups excluding carboxylic acids is 1. The first-order chi connectivity index (χ1) is 9.29. The lowest BCUT2D eigenvalue weighted by molar-refractivity contribution is -0.134. The Morgan fingerprint density at radius 3 is 3.00 bits per heavy atom. The molecule has 0 atom stereocenters. The van der Waals surface area contributed by atoms with Crippen LogP contribution >= 0.6 is 11.5 Å². The van der Waals surface area contributed by atoms with Gasteiger partial charge in [-0.25, -0.2) is 4.98 Å². The van der Waals surface area contributed by atoms with Gasteiger partial charge in [-0.05, 0) is 6.42 Å². The Morgan fingerprint density at radius 2 is 2.26 bits per heavy atom. The summed E-state index contributed by atoms with van der Waals surface area (Å²) in [6, 6.07) is 0. The first-order valence-corrected chi connectivity index (χ1v) is 7.49. The topological polar surface area (TPSA) is 67.4 Å². The fourth-order valence-electron chi connectivity index (χ4n) is 1.90. The Labute approximate surface area is 117 Å². The molecule has 1 fully saturated rings. The molecule has 0 bridgehead atoms. The average Bonchev–Trinajstić information content (AvgIpc) is 2.88. The number of nitrogens with zero attached hydrogens (tertiary/aromatic N) is 3. The minimum atomic E-state index is 0.175. The van der Waals surface area contributed by atoms with E-state index in [1.165, 1.54) is 11.5 Å². The van der Waals surface area contributed by atoms with E-state index in [0.717, 1.165) is 23.8 Å². The van der Waals surface area contributed by atoms with Crippen LogP contribution in [0.1, 0.15) is 25.6 Å². The van der Waals surface area contributed by atoms with Crippen LogP contribution in [-0.4, -0.2) is 53.0 Å². The van der Waals surface area contributed by atoms with Crippen LogP contribution in [0.2, 0.25) is 0 Å². The molecule has 0 aromatic carbocycles. The standard InChI is InChI=1S/C12H20N4O2S/c1-2-3-10-14-12(19-15-10)13-5-4-11(17)16-6-8-18-9-7-16/h2-9H2,1H3,(H,13,14,15). The number of amides is 1. The van der Waals surface area contributed by atoms with Gasteiger partial charge >= 0.3 is 0 Å². The molecule has 0 radical (unpaired) electrons. The zero-order valence-corrected chi connectivity index (χ0v) is 12.0. The third-order valence-electron chi connectivity index (χ3n) is 2.92. The second-order valence-corrected chi connectivity index (χ2v) is 5.19. The van der Waals surface area contributed by atoms with Crippen LogP contribution < -0.4 is 5.32 Å². The number of aryl methyl sites for hydroxylation is 1. The van der Waals surface area contributed by atoms with Crippen LogP contribution in [0.15, 0.2) is 0 Å². The maximum Gasteiger partial charge on any atom is 0.224 e. The predicted octanol–water partition coefficient (Wildman–Crippen LogP) is 1.15. The van der Waals surface area contributed by atoms with Crippen molar-refractivity contribution in [3.63, 3.8) is 0 Å². The minimum Gasteiger partial charge on any atom is -0.378 e. The lowest BCUT2D eigenvalue weighted by atomic mass is 10.3. The zero-order chi connectivity index (χ0) is 13.5. The highest BCUT2D eigenvalue weighted by Crippen LogP contribution is 2.12. The van der Waals surface area contributed by atoms with Crippen molar-refractivity contribution < 1.29 is 9.53 Å². The Bertz CT molecular complexity index is 404. The van der Waals surface area contributed by atoms with Gasteiger partial charge in [0, 0.05) is 44.0 Å². The van der Waals surface area contributed by atoms with Gasteiger partial charge in [0.1, 0.15) is 5.82 Å². The molecule has 0 saturated carbocycles. The van der Waals surface area contributed by atoms with Crippen LogP contribution in [0.5, 0.6) is 0 Å². The third-order valence-corrected chi connectivity index (χ3v) is 3.63. The van der Waals surface area contributed by atoms with Crippen molar-refractivity contribution in [1.29, 1.82) is 0 Å². The van der Waals surface area contributed by atoms with Gasteiger partial charge in [0.25, 0.3) is 0 Å². The van der Waals surface area contributed by atoms with Crippen molar-refractivity contribution in [2.45, 2.75) is 26.2 Å². The van der Waals surface area contributed by atoms with Crippen molar-refractivity contribution in [3.05, 3.63) is 5.82 Å². The van der Waals surface area contributed by atoms with E-state index in [1.54, 1.807) is 0 Å². The number of rotatable bonds is 6. The maximum absolute atomic E-state index is 11.9. The summed E-state index contributed by atoms with van der Waals surface area (Å²) in [4.78, 5) is 18.1. The average molecular weight is 284 g/mol. The summed E-state index contributed by atoms with van der Waals surface area (Å²) in [7, 11) is 0. The summed E-state index contributed by atoms with van der Waals surface area (Å²) in [6.07, 6.45) is 2.44. The molecule has 1 aromatic rings. The maximum atomic E-state index is 11.9. The first-order valence-electron chi connectivity index (χ1n) is 6.71. The third kappa shape index (κ3) is 4.43. The molecule has 1 amide bonds. The van der Waals surface area contributed by atoms with E-state index < -0.39 is 0 Å². The summed E-state index contributed by atoms with van der Waals surface area (Å²) in [6.45, 7) is 5.43. The molecular weight excluding hydrogens is 264 g/mol. The quantitative estimate of drug-likeness (QED) is 0.849. The Hall–Kier alpha value is -1.21. The van der Waals surface area contributed by atoms with Crippen molar-refractivity contribution in [3.8, 4) is 0 Å². The molecule has 0 unspecified atom stereocenters. The molecule has 1 saturated heterocycles. The number of ether oxygens (including phenoxy) is 1. The van der Waals surface area contributed by atoms with Gasteiger partial charge in [-0.3, -0.25) is 4.79 Å². The minimum absolute atomic E-state index is 0.175. The van der Waals surface area contributed by atoms with Crippen molar-refractivity contribution >= 4 is 22.6 Å². The van der Waals surface area contributed by atoms with Gasteiger partial charge in [0.2, 0.25) is 11.0 Å². The van der Waals surface area contributed by atoms with E-state index >= 15 is 0 Å². The van der Waals surface area contributed by atoms with E-state index in [2.05, 4.69) is 21.6 Å². The number of hydrogen-bond acceptors (Lipinski definition) is 6. The van der Waals surface area contributed by atoms with Gasteiger partial charge in [0.05, 0.1) is 13.2 Å². The van der Waals surface area contributed by atoms with Crippen molar-refractivity contribution in [2.24, 2.45) is 0 Å². The van der Waals surface area contributed by atoms with Gasteiger partial charge in [-0.1, -0.05) is 6.92 Å². The van der Waals surface area contributed by atoms with Crippen LogP contribution in [0.25, 0.3) is 0 Å². The second-order valence-electron chi connectivity index (χ2n) is 4.44. The molecule has 2 heterocycles. The number of carbonyl (C=O) groups is 1. The van der Waals surface area contributed by atoms with E-state index in [4.69, 9.17) is 4.74 Å². The Balaban J connectivity index is 1.68.